The van der Waals surface area contributed by atoms with Crippen LogP contribution < -0.4 is 14.8 Å². The molecule has 0 saturated carbocycles. The first-order chi connectivity index (χ1) is 15.6. The molecule has 1 saturated heterocycles. The van der Waals surface area contributed by atoms with Crippen LogP contribution in [0.3, 0.4) is 0 Å². The monoisotopic (exact) mass is 483 g/mol. The third kappa shape index (κ3) is 6.59. The second-order valence-electron chi connectivity index (χ2n) is 7.15. The van der Waals surface area contributed by atoms with Gasteiger partial charge in [0.1, 0.15) is 11.5 Å². The highest BCUT2D eigenvalue weighted by atomic mass is 32.2. The predicted molar refractivity (Wildman–Crippen MR) is 111 cm³/mol. The summed E-state index contributed by atoms with van der Waals surface area (Å²) in [5.41, 5.74) is 0.169. The van der Waals surface area contributed by atoms with Gasteiger partial charge in [0, 0.05) is 13.1 Å². The topological polar surface area (TPSA) is 109 Å². The number of alkyl halides is 3. The number of hydrogen-bond donors (Lipinski definition) is 1. The van der Waals surface area contributed by atoms with Gasteiger partial charge in [-0.2, -0.15) is 22.7 Å². The molecule has 1 aliphatic heterocycles. The smallest absolute Gasteiger partial charge is 0.422 e. The number of nitrogens with zero attached hydrogens (tertiary/aromatic N) is 2. The fourth-order valence-corrected chi connectivity index (χ4v) is 4.63. The Morgan fingerprint density at radius 3 is 2.36 bits per heavy atom. The molecule has 1 N–H and O–H groups in total. The number of sulfonamides is 1. The van der Waals surface area contributed by atoms with Crippen LogP contribution in [0, 0.1) is 11.3 Å². The van der Waals surface area contributed by atoms with Gasteiger partial charge in [-0.3, -0.25) is 4.79 Å². The van der Waals surface area contributed by atoms with E-state index in [1.807, 2.05) is 6.07 Å². The lowest BCUT2D eigenvalue weighted by atomic mass is 10.2. The molecule has 8 nitrogen and oxygen atoms in total. The number of rotatable bonds is 8. The minimum Gasteiger partial charge on any atom is -0.484 e. The number of carbonyl (C=O) groups excluding carboxylic acids is 1. The zero-order chi connectivity index (χ0) is 24.1. The van der Waals surface area contributed by atoms with E-state index >= 15 is 0 Å². The molecular formula is C21H20F3N3O5S. The Morgan fingerprint density at radius 1 is 1.09 bits per heavy atom. The Balaban J connectivity index is 1.78. The van der Waals surface area contributed by atoms with Crippen LogP contribution in [0.5, 0.6) is 11.5 Å². The van der Waals surface area contributed by atoms with Crippen molar-refractivity contribution in [2.75, 3.05) is 31.6 Å². The van der Waals surface area contributed by atoms with E-state index in [0.717, 1.165) is 18.2 Å². The Labute approximate surface area is 188 Å². The summed E-state index contributed by atoms with van der Waals surface area (Å²) in [5, 5.41) is 11.1. The Kier molecular flexibility index (Phi) is 7.45. The van der Waals surface area contributed by atoms with Crippen molar-refractivity contribution in [1.82, 2.24) is 4.31 Å². The predicted octanol–water partition coefficient (Wildman–Crippen LogP) is 3.30. The summed E-state index contributed by atoms with van der Waals surface area (Å²) >= 11 is 0. The number of amides is 1. The first-order valence-electron chi connectivity index (χ1n) is 9.85. The van der Waals surface area contributed by atoms with Gasteiger partial charge in [-0.05, 0) is 55.3 Å². The maximum Gasteiger partial charge on any atom is 0.422 e. The average molecular weight is 483 g/mol. The minimum absolute atomic E-state index is 0.174. The van der Waals surface area contributed by atoms with Crippen LogP contribution in [0.2, 0.25) is 0 Å². The second-order valence-corrected chi connectivity index (χ2v) is 9.08. The molecule has 0 spiro atoms. The number of nitrogens with one attached hydrogen (secondary N) is 1. The molecule has 1 fully saturated rings. The quantitative estimate of drug-likeness (QED) is 0.617. The highest BCUT2D eigenvalue weighted by Gasteiger charge is 2.31. The van der Waals surface area contributed by atoms with Gasteiger partial charge in [0.2, 0.25) is 10.0 Å². The van der Waals surface area contributed by atoms with Crippen LogP contribution in [0.1, 0.15) is 18.4 Å². The molecule has 1 amide bonds. The molecule has 1 aliphatic rings. The number of anilines is 1. The van der Waals surface area contributed by atoms with Crippen molar-refractivity contribution in [3.05, 3.63) is 48.0 Å². The fraction of sp³-hybridized carbons (Fsp3) is 0.333. The summed E-state index contributed by atoms with van der Waals surface area (Å²) in [4.78, 5) is 12.2. The molecule has 3 rings (SSSR count). The van der Waals surface area contributed by atoms with Crippen molar-refractivity contribution in [3.63, 3.8) is 0 Å². The van der Waals surface area contributed by atoms with E-state index in [-0.39, 0.29) is 16.3 Å². The molecular weight excluding hydrogens is 463 g/mol. The molecule has 0 radical (unpaired) electrons. The van der Waals surface area contributed by atoms with E-state index in [4.69, 9.17) is 14.7 Å². The van der Waals surface area contributed by atoms with Crippen LogP contribution >= 0.6 is 0 Å². The highest BCUT2D eigenvalue weighted by molar-refractivity contribution is 7.89. The van der Waals surface area contributed by atoms with Crippen LogP contribution in [0.4, 0.5) is 18.9 Å². The Bertz CT molecular complexity index is 1140. The number of nitriles is 1. The number of carbonyl (C=O) groups is 1. The van der Waals surface area contributed by atoms with E-state index in [0.29, 0.717) is 37.2 Å². The Hall–Kier alpha value is -3.30. The molecule has 0 atom stereocenters. The maximum atomic E-state index is 12.8. The fourth-order valence-electron chi connectivity index (χ4n) is 3.09. The van der Waals surface area contributed by atoms with Crippen molar-refractivity contribution in [1.29, 1.82) is 5.26 Å². The highest BCUT2D eigenvalue weighted by Crippen LogP contribution is 2.31. The second kappa shape index (κ2) is 10.1. The third-order valence-corrected chi connectivity index (χ3v) is 6.57. The zero-order valence-corrected chi connectivity index (χ0v) is 18.1. The van der Waals surface area contributed by atoms with Gasteiger partial charge >= 0.3 is 6.18 Å². The molecule has 0 bridgehead atoms. The summed E-state index contributed by atoms with van der Waals surface area (Å²) in [5.74, 6) is -0.783. The van der Waals surface area contributed by atoms with Gasteiger partial charge in [0.25, 0.3) is 5.91 Å². The van der Waals surface area contributed by atoms with Crippen LogP contribution in [0.15, 0.2) is 47.4 Å². The molecule has 0 aliphatic carbocycles. The first-order valence-corrected chi connectivity index (χ1v) is 11.3. The van der Waals surface area contributed by atoms with Crippen molar-refractivity contribution >= 4 is 21.6 Å². The van der Waals surface area contributed by atoms with Gasteiger partial charge in [0.15, 0.2) is 13.2 Å². The standard InChI is InChI=1S/C21H20F3N3O5S/c22-21(23,24)14-32-19-8-7-17(33(29,30)27-9-1-2-10-27)11-18(19)26-20(28)13-31-16-5-3-15(12-25)4-6-16/h3-8,11H,1-2,9-10,13-14H2,(H,26,28). The molecule has 0 aromatic heterocycles. The minimum atomic E-state index is -4.62. The van der Waals surface area contributed by atoms with Gasteiger partial charge in [-0.25, -0.2) is 8.42 Å². The van der Waals surface area contributed by atoms with E-state index in [9.17, 15) is 26.4 Å². The maximum absolute atomic E-state index is 12.8. The van der Waals surface area contributed by atoms with Crippen molar-refractivity contribution in [2.24, 2.45) is 0 Å². The average Bonchev–Trinajstić information content (AvgIpc) is 3.32. The van der Waals surface area contributed by atoms with E-state index in [1.165, 1.54) is 28.6 Å². The molecule has 2 aromatic rings. The van der Waals surface area contributed by atoms with Gasteiger partial charge < -0.3 is 14.8 Å². The molecule has 176 valence electrons. The first kappa shape index (κ1) is 24.3. The third-order valence-electron chi connectivity index (χ3n) is 4.67. The van der Waals surface area contributed by atoms with Crippen LogP contribution in [-0.2, 0) is 14.8 Å². The number of halogens is 3. The van der Waals surface area contributed by atoms with Gasteiger partial charge in [-0.1, -0.05) is 0 Å². The summed E-state index contributed by atoms with van der Waals surface area (Å²) in [7, 11) is -3.87. The number of hydrogen-bond acceptors (Lipinski definition) is 6. The molecule has 1 heterocycles. The van der Waals surface area contributed by atoms with Gasteiger partial charge in [-0.15, -0.1) is 0 Å². The van der Waals surface area contributed by atoms with Crippen LogP contribution in [-0.4, -0.2) is 51.1 Å². The SMILES string of the molecule is N#Cc1ccc(OCC(=O)Nc2cc(S(=O)(=O)N3CCCC3)ccc2OCC(F)(F)F)cc1. The molecule has 2 aromatic carbocycles. The van der Waals surface area contributed by atoms with Crippen molar-refractivity contribution in [3.8, 4) is 17.6 Å². The summed E-state index contributed by atoms with van der Waals surface area (Å²) in [6.45, 7) is -1.44. The summed E-state index contributed by atoms with van der Waals surface area (Å²) in [6, 6.07) is 11.2. The zero-order valence-electron chi connectivity index (χ0n) is 17.3. The van der Waals surface area contributed by atoms with Crippen molar-refractivity contribution in [2.45, 2.75) is 23.9 Å². The lowest BCUT2D eigenvalue weighted by Gasteiger charge is -2.18. The van der Waals surface area contributed by atoms with Crippen LogP contribution in [0.25, 0.3) is 0 Å². The lowest BCUT2D eigenvalue weighted by Crippen LogP contribution is -2.28. The van der Waals surface area contributed by atoms with E-state index in [1.54, 1.807) is 0 Å². The lowest BCUT2D eigenvalue weighted by molar-refractivity contribution is -0.153. The van der Waals surface area contributed by atoms with E-state index < -0.39 is 35.3 Å². The number of ether oxygens (including phenoxy) is 2. The molecule has 0 unspecified atom stereocenters. The summed E-state index contributed by atoms with van der Waals surface area (Å²) in [6.07, 6.45) is -3.20. The molecule has 33 heavy (non-hydrogen) atoms. The van der Waals surface area contributed by atoms with E-state index in [2.05, 4.69) is 5.32 Å². The summed E-state index contributed by atoms with van der Waals surface area (Å²) < 4.78 is 74.8. The van der Waals surface area contributed by atoms with Gasteiger partial charge in [0.05, 0.1) is 22.2 Å². The molecule has 12 heteroatoms. The largest absolute Gasteiger partial charge is 0.484 e. The van der Waals surface area contributed by atoms with Crippen molar-refractivity contribution < 1.29 is 35.9 Å². The Morgan fingerprint density at radius 2 is 1.76 bits per heavy atom. The number of benzene rings is 2. The normalized spacial score (nSPS) is 14.5.